The van der Waals surface area contributed by atoms with Crippen molar-refractivity contribution in [1.82, 2.24) is 0 Å². The summed E-state index contributed by atoms with van der Waals surface area (Å²) in [7, 11) is 0. The van der Waals surface area contributed by atoms with Gasteiger partial charge in [0, 0.05) is 5.41 Å². The molecule has 2 aromatic rings. The van der Waals surface area contributed by atoms with Gasteiger partial charge in [-0.1, -0.05) is 88.1 Å². The van der Waals surface area contributed by atoms with Gasteiger partial charge in [0.05, 0.1) is 6.61 Å². The molecule has 0 radical (unpaired) electrons. The van der Waals surface area contributed by atoms with Gasteiger partial charge in [-0.25, -0.2) is 0 Å². The van der Waals surface area contributed by atoms with Crippen LogP contribution in [0.3, 0.4) is 0 Å². The molecule has 0 aliphatic heterocycles. The van der Waals surface area contributed by atoms with Crippen molar-refractivity contribution in [2.24, 2.45) is 0 Å². The maximum Gasteiger partial charge on any atom is 0.119 e. The van der Waals surface area contributed by atoms with Gasteiger partial charge in [-0.05, 0) is 30.5 Å². The first-order chi connectivity index (χ1) is 11.3. The number of para-hydroxylation sites is 1. The lowest BCUT2D eigenvalue weighted by Gasteiger charge is -2.34. The number of hydrogen-bond acceptors (Lipinski definition) is 1. The molecule has 0 bridgehead atoms. The van der Waals surface area contributed by atoms with Crippen LogP contribution in [0.2, 0.25) is 0 Å². The van der Waals surface area contributed by atoms with E-state index in [4.69, 9.17) is 4.74 Å². The predicted octanol–water partition coefficient (Wildman–Crippen LogP) is 6.38. The molecule has 0 aromatic heterocycles. The Labute approximate surface area is 141 Å². The summed E-state index contributed by atoms with van der Waals surface area (Å²) in [5.41, 5.74) is 1.56. The normalized spacial score (nSPS) is 11.4. The molecule has 0 spiro atoms. The SMILES string of the molecule is CCCCC(CCCC)(COc1ccccc1)c1ccccc1. The number of benzene rings is 2. The van der Waals surface area contributed by atoms with Gasteiger partial charge in [0.25, 0.3) is 0 Å². The van der Waals surface area contributed by atoms with Gasteiger partial charge in [-0.2, -0.15) is 0 Å². The Morgan fingerprint density at radius 3 is 1.78 bits per heavy atom. The molecule has 0 aliphatic rings. The lowest BCUT2D eigenvalue weighted by molar-refractivity contribution is 0.187. The van der Waals surface area contributed by atoms with E-state index in [0.717, 1.165) is 12.4 Å². The molecule has 0 heterocycles. The van der Waals surface area contributed by atoms with Crippen molar-refractivity contribution in [3.8, 4) is 5.75 Å². The Morgan fingerprint density at radius 1 is 0.739 bits per heavy atom. The van der Waals surface area contributed by atoms with Crippen molar-refractivity contribution in [3.63, 3.8) is 0 Å². The highest BCUT2D eigenvalue weighted by Crippen LogP contribution is 2.36. The van der Waals surface area contributed by atoms with Crippen LogP contribution in [0.4, 0.5) is 0 Å². The maximum absolute atomic E-state index is 6.22. The number of hydrogen-bond donors (Lipinski definition) is 0. The zero-order valence-electron chi connectivity index (χ0n) is 14.6. The second kappa shape index (κ2) is 9.39. The van der Waals surface area contributed by atoms with Crippen molar-refractivity contribution in [3.05, 3.63) is 66.2 Å². The summed E-state index contributed by atoms with van der Waals surface area (Å²) in [6.07, 6.45) is 7.34. The second-order valence-corrected chi connectivity index (χ2v) is 6.46. The van der Waals surface area contributed by atoms with Crippen LogP contribution < -0.4 is 4.74 Å². The molecule has 0 aliphatic carbocycles. The van der Waals surface area contributed by atoms with E-state index in [1.807, 2.05) is 18.2 Å². The first-order valence-corrected chi connectivity index (χ1v) is 9.04. The fraction of sp³-hybridized carbons (Fsp3) is 0.455. The van der Waals surface area contributed by atoms with Crippen LogP contribution >= 0.6 is 0 Å². The van der Waals surface area contributed by atoms with Crippen molar-refractivity contribution in [1.29, 1.82) is 0 Å². The lowest BCUT2D eigenvalue weighted by atomic mass is 9.73. The second-order valence-electron chi connectivity index (χ2n) is 6.46. The van der Waals surface area contributed by atoms with Gasteiger partial charge in [0.1, 0.15) is 5.75 Å². The highest BCUT2D eigenvalue weighted by Gasteiger charge is 2.32. The molecule has 0 saturated carbocycles. The highest BCUT2D eigenvalue weighted by atomic mass is 16.5. The van der Waals surface area contributed by atoms with Gasteiger partial charge in [0.15, 0.2) is 0 Å². The Hall–Kier alpha value is -1.76. The fourth-order valence-electron chi connectivity index (χ4n) is 3.20. The fourth-order valence-corrected chi connectivity index (χ4v) is 3.20. The van der Waals surface area contributed by atoms with E-state index < -0.39 is 0 Å². The Kier molecular flexibility index (Phi) is 7.19. The standard InChI is InChI=1S/C22H30O/c1-3-5-17-22(18-6-4-2,20-13-9-7-10-14-20)19-23-21-15-11-8-12-16-21/h7-16H,3-6,17-19H2,1-2H3. The van der Waals surface area contributed by atoms with E-state index in [1.54, 1.807) is 0 Å². The summed E-state index contributed by atoms with van der Waals surface area (Å²) in [5, 5.41) is 0. The van der Waals surface area contributed by atoms with E-state index in [2.05, 4.69) is 56.3 Å². The van der Waals surface area contributed by atoms with Crippen LogP contribution in [0.15, 0.2) is 60.7 Å². The number of unbranched alkanes of at least 4 members (excludes halogenated alkanes) is 2. The minimum atomic E-state index is 0.128. The summed E-state index contributed by atoms with van der Waals surface area (Å²) in [4.78, 5) is 0. The highest BCUT2D eigenvalue weighted by molar-refractivity contribution is 5.27. The van der Waals surface area contributed by atoms with Gasteiger partial charge >= 0.3 is 0 Å². The third-order valence-corrected chi connectivity index (χ3v) is 4.66. The van der Waals surface area contributed by atoms with Crippen LogP contribution in [0.1, 0.15) is 57.9 Å². The van der Waals surface area contributed by atoms with Crippen LogP contribution in [0.5, 0.6) is 5.75 Å². The van der Waals surface area contributed by atoms with E-state index in [9.17, 15) is 0 Å². The summed E-state index contributed by atoms with van der Waals surface area (Å²) in [6.45, 7) is 5.31. The first-order valence-electron chi connectivity index (χ1n) is 9.04. The molecule has 2 aromatic carbocycles. The molecule has 0 saturated heterocycles. The lowest BCUT2D eigenvalue weighted by Crippen LogP contribution is -2.33. The van der Waals surface area contributed by atoms with Gasteiger partial charge in [-0.3, -0.25) is 0 Å². The quantitative estimate of drug-likeness (QED) is 0.494. The minimum absolute atomic E-state index is 0.128. The van der Waals surface area contributed by atoms with Crippen LogP contribution in [0.25, 0.3) is 0 Å². The van der Waals surface area contributed by atoms with Gasteiger partial charge in [0.2, 0.25) is 0 Å². The zero-order chi connectivity index (χ0) is 16.4. The van der Waals surface area contributed by atoms with Crippen LogP contribution in [0, 0.1) is 0 Å². The average Bonchev–Trinajstić information content (AvgIpc) is 2.63. The Bertz CT molecular complexity index is 524. The van der Waals surface area contributed by atoms with E-state index in [1.165, 1.54) is 44.1 Å². The molecule has 0 fully saturated rings. The molecule has 1 heteroatoms. The third kappa shape index (κ3) is 5.13. The predicted molar refractivity (Wildman–Crippen MR) is 99.1 cm³/mol. The molecule has 0 unspecified atom stereocenters. The molecule has 0 N–H and O–H groups in total. The Balaban J connectivity index is 2.23. The topological polar surface area (TPSA) is 9.23 Å². The summed E-state index contributed by atoms with van der Waals surface area (Å²) >= 11 is 0. The van der Waals surface area contributed by atoms with Gasteiger partial charge < -0.3 is 4.74 Å². The maximum atomic E-state index is 6.22. The van der Waals surface area contributed by atoms with Crippen LogP contribution in [-0.2, 0) is 5.41 Å². The molecular formula is C22H30O. The minimum Gasteiger partial charge on any atom is -0.493 e. The Morgan fingerprint density at radius 2 is 1.26 bits per heavy atom. The molecule has 0 atom stereocenters. The van der Waals surface area contributed by atoms with Crippen molar-refractivity contribution < 1.29 is 4.74 Å². The molecule has 124 valence electrons. The van der Waals surface area contributed by atoms with E-state index >= 15 is 0 Å². The largest absolute Gasteiger partial charge is 0.493 e. The number of rotatable bonds is 10. The van der Waals surface area contributed by atoms with Crippen molar-refractivity contribution in [2.45, 2.75) is 57.8 Å². The molecule has 23 heavy (non-hydrogen) atoms. The number of ether oxygens (including phenoxy) is 1. The first kappa shape index (κ1) is 17.6. The van der Waals surface area contributed by atoms with Gasteiger partial charge in [-0.15, -0.1) is 0 Å². The van der Waals surface area contributed by atoms with Crippen molar-refractivity contribution in [2.75, 3.05) is 6.61 Å². The zero-order valence-corrected chi connectivity index (χ0v) is 14.6. The van der Waals surface area contributed by atoms with E-state index in [0.29, 0.717) is 0 Å². The third-order valence-electron chi connectivity index (χ3n) is 4.66. The van der Waals surface area contributed by atoms with Crippen LogP contribution in [-0.4, -0.2) is 6.61 Å². The molecule has 2 rings (SSSR count). The molecule has 1 nitrogen and oxygen atoms in total. The van der Waals surface area contributed by atoms with E-state index in [-0.39, 0.29) is 5.41 Å². The smallest absolute Gasteiger partial charge is 0.119 e. The van der Waals surface area contributed by atoms with Crippen molar-refractivity contribution >= 4 is 0 Å². The monoisotopic (exact) mass is 310 g/mol. The molecular weight excluding hydrogens is 280 g/mol. The molecule has 0 amide bonds. The summed E-state index contributed by atoms with van der Waals surface area (Å²) in [5.74, 6) is 0.973. The summed E-state index contributed by atoms with van der Waals surface area (Å²) < 4.78 is 6.22. The summed E-state index contributed by atoms with van der Waals surface area (Å²) in [6, 6.07) is 21.2. The average molecular weight is 310 g/mol.